The van der Waals surface area contributed by atoms with E-state index >= 15 is 0 Å². The molecule has 3 rings (SSSR count). The highest BCUT2D eigenvalue weighted by molar-refractivity contribution is 9.10. The maximum atomic E-state index is 12.5. The highest BCUT2D eigenvalue weighted by Crippen LogP contribution is 2.20. The van der Waals surface area contributed by atoms with Crippen molar-refractivity contribution in [3.63, 3.8) is 0 Å². The van der Waals surface area contributed by atoms with Crippen molar-refractivity contribution < 1.29 is 9.21 Å². The monoisotopic (exact) mass is 368 g/mol. The molecule has 0 bridgehead atoms. The lowest BCUT2D eigenvalue weighted by atomic mass is 10.3. The first kappa shape index (κ1) is 14.8. The number of carbonyl (C=O) groups excluding carboxylic acids is 1. The number of thiophene rings is 1. The summed E-state index contributed by atoms with van der Waals surface area (Å²) in [5, 5.41) is 2.11. The maximum Gasteiger partial charge on any atom is 0.258 e. The van der Waals surface area contributed by atoms with Gasteiger partial charge >= 0.3 is 0 Å². The van der Waals surface area contributed by atoms with E-state index in [1.165, 1.54) is 11.1 Å². The van der Waals surface area contributed by atoms with E-state index in [2.05, 4.69) is 38.3 Å². The Morgan fingerprint density at radius 3 is 2.90 bits per heavy atom. The van der Waals surface area contributed by atoms with Crippen molar-refractivity contribution in [2.24, 2.45) is 0 Å². The van der Waals surface area contributed by atoms with Crippen LogP contribution in [-0.4, -0.2) is 41.9 Å². The second kappa shape index (κ2) is 6.77. The van der Waals surface area contributed by atoms with Crippen molar-refractivity contribution in [2.45, 2.75) is 13.0 Å². The van der Waals surface area contributed by atoms with E-state index < -0.39 is 0 Å². The van der Waals surface area contributed by atoms with E-state index in [0.717, 1.165) is 39.1 Å². The summed E-state index contributed by atoms with van der Waals surface area (Å²) in [6.45, 7) is 4.50. The van der Waals surface area contributed by atoms with Crippen LogP contribution < -0.4 is 0 Å². The fourth-order valence-electron chi connectivity index (χ4n) is 2.57. The van der Waals surface area contributed by atoms with Crippen molar-refractivity contribution in [3.05, 3.63) is 45.0 Å². The standard InChI is InChI=1S/C15H17BrN2O2S/c16-14-13(4-9-20-14)15(19)18-6-2-5-17(7-8-18)11-12-3-1-10-21-12/h1,3-4,9-10H,2,5-8,11H2. The fourth-order valence-corrected chi connectivity index (χ4v) is 3.73. The molecule has 1 aliphatic rings. The summed E-state index contributed by atoms with van der Waals surface area (Å²) in [6, 6.07) is 5.98. The third kappa shape index (κ3) is 3.56. The normalized spacial score (nSPS) is 16.9. The molecule has 6 heteroatoms. The molecule has 0 radical (unpaired) electrons. The maximum absolute atomic E-state index is 12.5. The van der Waals surface area contributed by atoms with Crippen LogP contribution in [0.15, 0.2) is 38.9 Å². The van der Waals surface area contributed by atoms with Gasteiger partial charge in [-0.3, -0.25) is 9.69 Å². The van der Waals surface area contributed by atoms with Crippen molar-refractivity contribution >= 4 is 33.2 Å². The van der Waals surface area contributed by atoms with E-state index in [9.17, 15) is 4.79 Å². The van der Waals surface area contributed by atoms with Gasteiger partial charge in [-0.1, -0.05) is 6.07 Å². The summed E-state index contributed by atoms with van der Waals surface area (Å²) in [7, 11) is 0. The van der Waals surface area contributed by atoms with Gasteiger partial charge < -0.3 is 9.32 Å². The molecule has 0 atom stereocenters. The predicted octanol–water partition coefficient (Wildman–Crippen LogP) is 3.45. The smallest absolute Gasteiger partial charge is 0.258 e. The Labute approximate surface area is 136 Å². The van der Waals surface area contributed by atoms with Crippen molar-refractivity contribution in [1.29, 1.82) is 0 Å². The van der Waals surface area contributed by atoms with Crippen LogP contribution in [0.4, 0.5) is 0 Å². The van der Waals surface area contributed by atoms with E-state index in [-0.39, 0.29) is 5.91 Å². The molecular weight excluding hydrogens is 352 g/mol. The number of furan rings is 1. The average molecular weight is 369 g/mol. The van der Waals surface area contributed by atoms with Gasteiger partial charge in [0.25, 0.3) is 5.91 Å². The third-order valence-electron chi connectivity index (χ3n) is 3.68. The van der Waals surface area contributed by atoms with Crippen molar-refractivity contribution in [1.82, 2.24) is 9.80 Å². The third-order valence-corrected chi connectivity index (χ3v) is 5.16. The lowest BCUT2D eigenvalue weighted by molar-refractivity contribution is 0.0759. The number of halogens is 1. The summed E-state index contributed by atoms with van der Waals surface area (Å²) in [4.78, 5) is 18.2. The Kier molecular flexibility index (Phi) is 4.77. The molecule has 3 heterocycles. The quantitative estimate of drug-likeness (QED) is 0.832. The highest BCUT2D eigenvalue weighted by Gasteiger charge is 2.23. The predicted molar refractivity (Wildman–Crippen MR) is 86.5 cm³/mol. The van der Waals surface area contributed by atoms with E-state index in [1.54, 1.807) is 17.4 Å². The first-order chi connectivity index (χ1) is 10.2. The molecule has 1 amide bonds. The van der Waals surface area contributed by atoms with Crippen molar-refractivity contribution in [3.8, 4) is 0 Å². The molecule has 1 fully saturated rings. The zero-order valence-corrected chi connectivity index (χ0v) is 14.0. The van der Waals surface area contributed by atoms with E-state index in [1.807, 2.05) is 4.90 Å². The molecular formula is C15H17BrN2O2S. The molecule has 0 spiro atoms. The molecule has 0 N–H and O–H groups in total. The SMILES string of the molecule is O=C(c1ccoc1Br)N1CCCN(Cc2cccs2)CC1. The minimum Gasteiger partial charge on any atom is -0.457 e. The number of amides is 1. The van der Waals surface area contributed by atoms with E-state index in [0.29, 0.717) is 10.2 Å². The Morgan fingerprint density at radius 2 is 2.19 bits per heavy atom. The van der Waals surface area contributed by atoms with Gasteiger partial charge in [0.15, 0.2) is 4.67 Å². The Balaban J connectivity index is 1.60. The lowest BCUT2D eigenvalue weighted by Gasteiger charge is -2.21. The Bertz CT molecular complexity index is 597. The highest BCUT2D eigenvalue weighted by atomic mass is 79.9. The first-order valence-electron chi connectivity index (χ1n) is 7.01. The van der Waals surface area contributed by atoms with Gasteiger partial charge in [-0.25, -0.2) is 0 Å². The van der Waals surface area contributed by atoms with Crippen LogP contribution in [-0.2, 0) is 6.54 Å². The molecule has 2 aromatic rings. The van der Waals surface area contributed by atoms with Crippen LogP contribution in [0.25, 0.3) is 0 Å². The second-order valence-electron chi connectivity index (χ2n) is 5.11. The number of hydrogen-bond acceptors (Lipinski definition) is 4. The molecule has 0 saturated carbocycles. The zero-order valence-electron chi connectivity index (χ0n) is 11.6. The molecule has 2 aromatic heterocycles. The van der Waals surface area contributed by atoms with Gasteiger partial charge in [-0.15, -0.1) is 11.3 Å². The zero-order chi connectivity index (χ0) is 14.7. The molecule has 0 aromatic carbocycles. The first-order valence-corrected chi connectivity index (χ1v) is 8.68. The Hall–Kier alpha value is -1.11. The van der Waals surface area contributed by atoms with Crippen LogP contribution in [0.2, 0.25) is 0 Å². The molecule has 0 unspecified atom stereocenters. The largest absolute Gasteiger partial charge is 0.457 e. The number of nitrogens with zero attached hydrogens (tertiary/aromatic N) is 2. The fraction of sp³-hybridized carbons (Fsp3) is 0.400. The second-order valence-corrected chi connectivity index (χ2v) is 6.86. The molecule has 1 saturated heterocycles. The summed E-state index contributed by atoms with van der Waals surface area (Å²) in [5.41, 5.74) is 0.613. The van der Waals surface area contributed by atoms with Gasteiger partial charge in [0.2, 0.25) is 0 Å². The van der Waals surface area contributed by atoms with Gasteiger partial charge in [0.05, 0.1) is 11.8 Å². The molecule has 21 heavy (non-hydrogen) atoms. The molecule has 0 aliphatic carbocycles. The van der Waals surface area contributed by atoms with Crippen LogP contribution >= 0.6 is 27.3 Å². The van der Waals surface area contributed by atoms with Gasteiger partial charge in [-0.05, 0) is 39.9 Å². The molecule has 4 nitrogen and oxygen atoms in total. The van der Waals surface area contributed by atoms with Crippen LogP contribution in [0.5, 0.6) is 0 Å². The van der Waals surface area contributed by atoms with Gasteiger partial charge in [0, 0.05) is 37.6 Å². The number of hydrogen-bond donors (Lipinski definition) is 0. The summed E-state index contributed by atoms with van der Waals surface area (Å²) in [5.74, 6) is 0.0496. The minimum atomic E-state index is 0.0496. The average Bonchev–Trinajstić information content (AvgIpc) is 3.07. The van der Waals surface area contributed by atoms with Crippen LogP contribution in [0.3, 0.4) is 0 Å². The van der Waals surface area contributed by atoms with Gasteiger partial charge in [-0.2, -0.15) is 0 Å². The Morgan fingerprint density at radius 1 is 1.29 bits per heavy atom. The summed E-state index contributed by atoms with van der Waals surface area (Å²) >= 11 is 5.07. The van der Waals surface area contributed by atoms with Crippen LogP contribution in [0, 0.1) is 0 Å². The summed E-state index contributed by atoms with van der Waals surface area (Å²) in [6.07, 6.45) is 2.55. The number of rotatable bonds is 3. The minimum absolute atomic E-state index is 0.0496. The topological polar surface area (TPSA) is 36.7 Å². The van der Waals surface area contributed by atoms with Crippen LogP contribution in [0.1, 0.15) is 21.7 Å². The van der Waals surface area contributed by atoms with E-state index in [4.69, 9.17) is 4.42 Å². The lowest BCUT2D eigenvalue weighted by Crippen LogP contribution is -2.35. The summed E-state index contributed by atoms with van der Waals surface area (Å²) < 4.78 is 5.68. The molecule has 1 aliphatic heterocycles. The number of carbonyl (C=O) groups is 1. The van der Waals surface area contributed by atoms with Crippen molar-refractivity contribution in [2.75, 3.05) is 26.2 Å². The van der Waals surface area contributed by atoms with Gasteiger partial charge in [0.1, 0.15) is 0 Å². The molecule has 112 valence electrons.